The lowest BCUT2D eigenvalue weighted by molar-refractivity contribution is 0.0730. The Morgan fingerprint density at radius 1 is 0.912 bits per heavy atom. The van der Waals surface area contributed by atoms with Gasteiger partial charge in [0.05, 0.1) is 14.2 Å². The molecule has 34 heavy (non-hydrogen) atoms. The van der Waals surface area contributed by atoms with E-state index in [1.807, 2.05) is 55.5 Å². The molecule has 0 fully saturated rings. The fourth-order valence-electron chi connectivity index (χ4n) is 3.65. The van der Waals surface area contributed by atoms with Gasteiger partial charge in [-0.05, 0) is 61.4 Å². The van der Waals surface area contributed by atoms with Crippen molar-refractivity contribution < 1.29 is 19.1 Å². The van der Waals surface area contributed by atoms with Crippen molar-refractivity contribution in [2.24, 2.45) is 0 Å². The van der Waals surface area contributed by atoms with Crippen LogP contribution in [0.4, 0.5) is 0 Å². The molecule has 178 valence electrons. The molecule has 2 amide bonds. The van der Waals surface area contributed by atoms with Crippen LogP contribution in [0, 0.1) is 0 Å². The van der Waals surface area contributed by atoms with E-state index in [0.717, 1.165) is 10.0 Å². The number of methoxy groups -OCH3 is 2. The Hall–Kier alpha value is -3.32. The Bertz CT molecular complexity index is 1120. The number of nitrogens with zero attached hydrogens (tertiary/aromatic N) is 1. The Morgan fingerprint density at radius 2 is 1.62 bits per heavy atom. The zero-order valence-electron chi connectivity index (χ0n) is 19.6. The van der Waals surface area contributed by atoms with Gasteiger partial charge in [-0.25, -0.2) is 0 Å². The minimum atomic E-state index is -0.241. The molecule has 1 N–H and O–H groups in total. The average Bonchev–Trinajstić information content (AvgIpc) is 2.86. The molecule has 1 atom stereocenters. The van der Waals surface area contributed by atoms with Crippen LogP contribution in [0.3, 0.4) is 0 Å². The van der Waals surface area contributed by atoms with E-state index in [-0.39, 0.29) is 17.9 Å². The van der Waals surface area contributed by atoms with Crippen LogP contribution in [0.15, 0.2) is 77.3 Å². The number of benzene rings is 3. The molecule has 0 spiro atoms. The molecular weight excluding hydrogens is 496 g/mol. The van der Waals surface area contributed by atoms with Gasteiger partial charge >= 0.3 is 0 Å². The number of carbonyl (C=O) groups excluding carboxylic acids is 2. The SMILES string of the molecule is COc1ccc(CCN(C[C@@H](C)NC(=O)c2ccccc2)C(=O)c2cccc(Br)c2)cc1OC. The maximum Gasteiger partial charge on any atom is 0.253 e. The quantitative estimate of drug-likeness (QED) is 0.406. The molecule has 7 heteroatoms. The molecule has 3 aromatic carbocycles. The highest BCUT2D eigenvalue weighted by Gasteiger charge is 2.20. The van der Waals surface area contributed by atoms with Crippen LogP contribution in [-0.2, 0) is 6.42 Å². The smallest absolute Gasteiger partial charge is 0.253 e. The van der Waals surface area contributed by atoms with Gasteiger partial charge in [-0.15, -0.1) is 0 Å². The van der Waals surface area contributed by atoms with Crippen LogP contribution in [0.1, 0.15) is 33.2 Å². The molecule has 6 nitrogen and oxygen atoms in total. The summed E-state index contributed by atoms with van der Waals surface area (Å²) in [5.41, 5.74) is 2.19. The summed E-state index contributed by atoms with van der Waals surface area (Å²) in [7, 11) is 3.20. The van der Waals surface area contributed by atoms with Gasteiger partial charge < -0.3 is 19.7 Å². The number of rotatable bonds is 10. The lowest BCUT2D eigenvalue weighted by atomic mass is 10.1. The van der Waals surface area contributed by atoms with E-state index in [0.29, 0.717) is 42.1 Å². The van der Waals surface area contributed by atoms with Gasteiger partial charge in [0.25, 0.3) is 11.8 Å². The van der Waals surface area contributed by atoms with Crippen molar-refractivity contribution in [3.8, 4) is 11.5 Å². The van der Waals surface area contributed by atoms with E-state index < -0.39 is 0 Å². The van der Waals surface area contributed by atoms with Crippen molar-refractivity contribution in [2.45, 2.75) is 19.4 Å². The monoisotopic (exact) mass is 524 g/mol. The average molecular weight is 525 g/mol. The van der Waals surface area contributed by atoms with Crippen molar-refractivity contribution in [3.63, 3.8) is 0 Å². The molecular formula is C27H29BrN2O4. The molecule has 0 aliphatic rings. The van der Waals surface area contributed by atoms with Crippen LogP contribution in [0.5, 0.6) is 11.5 Å². The van der Waals surface area contributed by atoms with Crippen molar-refractivity contribution in [3.05, 3.63) is 94.0 Å². The molecule has 0 unspecified atom stereocenters. The van der Waals surface area contributed by atoms with E-state index in [4.69, 9.17) is 9.47 Å². The standard InChI is InChI=1S/C27H29BrN2O4/c1-19(29-26(31)21-8-5-4-6-9-21)18-30(27(32)22-10-7-11-23(28)17-22)15-14-20-12-13-24(33-2)25(16-20)34-3/h4-13,16-17,19H,14-15,18H2,1-3H3,(H,29,31)/t19-/m1/s1. The summed E-state index contributed by atoms with van der Waals surface area (Å²) in [6, 6.07) is 21.9. The van der Waals surface area contributed by atoms with Crippen LogP contribution >= 0.6 is 15.9 Å². The second kappa shape index (κ2) is 12.2. The van der Waals surface area contributed by atoms with E-state index in [1.165, 1.54) is 0 Å². The molecule has 0 heterocycles. The first-order chi connectivity index (χ1) is 16.4. The maximum absolute atomic E-state index is 13.4. The molecule has 0 saturated heterocycles. The summed E-state index contributed by atoms with van der Waals surface area (Å²) in [6.45, 7) is 2.75. The molecule has 3 rings (SSSR count). The minimum Gasteiger partial charge on any atom is -0.493 e. The lowest BCUT2D eigenvalue weighted by Crippen LogP contribution is -2.45. The minimum absolute atomic E-state index is 0.0948. The molecule has 0 bridgehead atoms. The molecule has 0 aliphatic carbocycles. The largest absolute Gasteiger partial charge is 0.493 e. The molecule has 0 aliphatic heterocycles. The zero-order chi connectivity index (χ0) is 24.5. The summed E-state index contributed by atoms with van der Waals surface area (Å²) in [6.07, 6.45) is 0.624. The van der Waals surface area contributed by atoms with Crippen LogP contribution in [0.2, 0.25) is 0 Å². The topological polar surface area (TPSA) is 67.9 Å². The molecule has 3 aromatic rings. The Balaban J connectivity index is 1.75. The first-order valence-corrected chi connectivity index (χ1v) is 11.8. The lowest BCUT2D eigenvalue weighted by Gasteiger charge is -2.27. The summed E-state index contributed by atoms with van der Waals surface area (Å²) in [5, 5.41) is 3.00. The number of nitrogens with one attached hydrogen (secondary N) is 1. The zero-order valence-corrected chi connectivity index (χ0v) is 21.2. The number of hydrogen-bond donors (Lipinski definition) is 1. The predicted molar refractivity (Wildman–Crippen MR) is 137 cm³/mol. The molecule has 0 aromatic heterocycles. The highest BCUT2D eigenvalue weighted by atomic mass is 79.9. The number of amides is 2. The highest BCUT2D eigenvalue weighted by molar-refractivity contribution is 9.10. The van der Waals surface area contributed by atoms with Crippen molar-refractivity contribution in [1.82, 2.24) is 10.2 Å². The van der Waals surface area contributed by atoms with Crippen molar-refractivity contribution in [2.75, 3.05) is 27.3 Å². The third kappa shape index (κ3) is 6.84. The van der Waals surface area contributed by atoms with Crippen LogP contribution in [0.25, 0.3) is 0 Å². The van der Waals surface area contributed by atoms with Gasteiger partial charge in [0.1, 0.15) is 0 Å². The van der Waals surface area contributed by atoms with Crippen molar-refractivity contribution >= 4 is 27.7 Å². The van der Waals surface area contributed by atoms with E-state index in [1.54, 1.807) is 43.4 Å². The predicted octanol–water partition coefficient (Wildman–Crippen LogP) is 4.97. The number of halogens is 1. The highest BCUT2D eigenvalue weighted by Crippen LogP contribution is 2.27. The van der Waals surface area contributed by atoms with Crippen LogP contribution in [-0.4, -0.2) is 50.1 Å². The van der Waals surface area contributed by atoms with Gasteiger partial charge in [0, 0.05) is 34.7 Å². The van der Waals surface area contributed by atoms with Gasteiger partial charge in [-0.3, -0.25) is 9.59 Å². The first kappa shape index (κ1) is 25.3. The Kier molecular flexibility index (Phi) is 9.10. The normalized spacial score (nSPS) is 11.4. The third-order valence-electron chi connectivity index (χ3n) is 5.38. The Morgan fingerprint density at radius 3 is 2.29 bits per heavy atom. The Labute approximate surface area is 209 Å². The second-order valence-corrected chi connectivity index (χ2v) is 8.86. The summed E-state index contributed by atoms with van der Waals surface area (Å²) in [4.78, 5) is 27.7. The summed E-state index contributed by atoms with van der Waals surface area (Å²) >= 11 is 3.44. The fraction of sp³-hybridized carbons (Fsp3) is 0.259. The fourth-order valence-corrected chi connectivity index (χ4v) is 4.05. The molecule has 0 saturated carbocycles. The number of ether oxygens (including phenoxy) is 2. The first-order valence-electron chi connectivity index (χ1n) is 11.0. The van der Waals surface area contributed by atoms with Crippen molar-refractivity contribution in [1.29, 1.82) is 0 Å². The van der Waals surface area contributed by atoms with E-state index in [2.05, 4.69) is 21.2 Å². The van der Waals surface area contributed by atoms with Crippen LogP contribution < -0.4 is 14.8 Å². The molecule has 0 radical (unpaired) electrons. The van der Waals surface area contributed by atoms with Gasteiger partial charge in [-0.2, -0.15) is 0 Å². The van der Waals surface area contributed by atoms with E-state index in [9.17, 15) is 9.59 Å². The summed E-state index contributed by atoms with van der Waals surface area (Å²) in [5.74, 6) is 1.05. The van der Waals surface area contributed by atoms with Gasteiger partial charge in [-0.1, -0.05) is 46.3 Å². The number of hydrogen-bond acceptors (Lipinski definition) is 4. The third-order valence-corrected chi connectivity index (χ3v) is 5.88. The summed E-state index contributed by atoms with van der Waals surface area (Å²) < 4.78 is 11.6. The second-order valence-electron chi connectivity index (χ2n) is 7.94. The number of carbonyl (C=O) groups is 2. The van der Waals surface area contributed by atoms with Gasteiger partial charge in [0.2, 0.25) is 0 Å². The maximum atomic E-state index is 13.4. The van der Waals surface area contributed by atoms with E-state index >= 15 is 0 Å². The van der Waals surface area contributed by atoms with Gasteiger partial charge in [0.15, 0.2) is 11.5 Å².